The number of phenolic OH excluding ortho intramolecular Hbond substituents is 1. The summed E-state index contributed by atoms with van der Waals surface area (Å²) in [6, 6.07) is 1.18. The number of aliphatic imine (C=N–C) groups is 1. The molecular formula is C24H36N8O7. The molecule has 0 aliphatic carbocycles. The summed E-state index contributed by atoms with van der Waals surface area (Å²) in [5, 5.41) is 23.9. The van der Waals surface area contributed by atoms with Crippen molar-refractivity contribution < 1.29 is 34.2 Å². The van der Waals surface area contributed by atoms with Crippen molar-refractivity contribution in [3.8, 4) is 5.75 Å². The molecule has 1 aliphatic heterocycles. The normalized spacial score (nSPS) is 16.9. The number of phenols is 1. The number of nitrogens with one attached hydrogen (secondary N) is 2. The number of aromatic hydroxyl groups is 1. The third-order valence-corrected chi connectivity index (χ3v) is 6.15. The van der Waals surface area contributed by atoms with Crippen molar-refractivity contribution in [2.75, 3.05) is 13.1 Å². The Hall–Kier alpha value is -4.40. The smallest absolute Gasteiger partial charge is 0.326 e. The highest BCUT2D eigenvalue weighted by Gasteiger charge is 2.39. The summed E-state index contributed by atoms with van der Waals surface area (Å²) in [4.78, 5) is 67.4. The maximum Gasteiger partial charge on any atom is 0.326 e. The summed E-state index contributed by atoms with van der Waals surface area (Å²) in [6.45, 7) is 0.407. The van der Waals surface area contributed by atoms with Crippen LogP contribution < -0.4 is 33.6 Å². The van der Waals surface area contributed by atoms with E-state index >= 15 is 0 Å². The van der Waals surface area contributed by atoms with E-state index in [1.807, 2.05) is 0 Å². The van der Waals surface area contributed by atoms with Gasteiger partial charge in [-0.2, -0.15) is 0 Å². The Labute approximate surface area is 225 Å². The summed E-state index contributed by atoms with van der Waals surface area (Å²) in [5.41, 5.74) is 22.3. The number of carboxylic acid groups (broad SMARTS) is 1. The zero-order valence-electron chi connectivity index (χ0n) is 21.4. The van der Waals surface area contributed by atoms with Crippen molar-refractivity contribution in [1.29, 1.82) is 0 Å². The van der Waals surface area contributed by atoms with E-state index in [-0.39, 0.29) is 44.1 Å². The first-order chi connectivity index (χ1) is 18.4. The van der Waals surface area contributed by atoms with Crippen LogP contribution in [0.2, 0.25) is 0 Å². The predicted octanol–water partition coefficient (Wildman–Crippen LogP) is -2.76. The summed E-state index contributed by atoms with van der Waals surface area (Å²) >= 11 is 0. The predicted molar refractivity (Wildman–Crippen MR) is 140 cm³/mol. The van der Waals surface area contributed by atoms with Gasteiger partial charge in [0.1, 0.15) is 23.9 Å². The highest BCUT2D eigenvalue weighted by Crippen LogP contribution is 2.20. The Bertz CT molecular complexity index is 1070. The molecule has 39 heavy (non-hydrogen) atoms. The zero-order chi connectivity index (χ0) is 29.1. The van der Waals surface area contributed by atoms with Crippen LogP contribution in [0.15, 0.2) is 29.3 Å². The average molecular weight is 549 g/mol. The van der Waals surface area contributed by atoms with Gasteiger partial charge in [0.2, 0.25) is 23.6 Å². The standard InChI is InChI=1S/C24H36N8O7/c25-15(3-1-9-29-24(27)28)20(35)30-16(12-19(26)34)22(37)32-10-2-4-18(32)21(36)31-17(23(38)39)11-13-5-7-14(33)8-6-13/h5-8,15-18,33H,1-4,9-12,25H2,(H2,26,34)(H,30,35)(H,31,36)(H,38,39)(H4,27,28,29). The lowest BCUT2D eigenvalue weighted by atomic mass is 10.0. The Morgan fingerprint density at radius 3 is 2.31 bits per heavy atom. The fourth-order valence-electron chi connectivity index (χ4n) is 4.17. The third-order valence-electron chi connectivity index (χ3n) is 6.15. The largest absolute Gasteiger partial charge is 0.508 e. The van der Waals surface area contributed by atoms with E-state index in [1.165, 1.54) is 29.2 Å². The summed E-state index contributed by atoms with van der Waals surface area (Å²) in [7, 11) is 0. The molecule has 0 saturated carbocycles. The number of guanidine groups is 1. The number of amides is 4. The first kappa shape index (κ1) is 30.8. The molecule has 1 aliphatic rings. The second-order valence-corrected chi connectivity index (χ2v) is 9.25. The van der Waals surface area contributed by atoms with E-state index in [9.17, 15) is 34.2 Å². The molecule has 4 amide bonds. The average Bonchev–Trinajstić information content (AvgIpc) is 3.36. The number of nitrogens with two attached hydrogens (primary N) is 4. The number of benzene rings is 1. The molecule has 0 spiro atoms. The molecule has 1 aromatic rings. The van der Waals surface area contributed by atoms with Gasteiger partial charge >= 0.3 is 5.97 Å². The van der Waals surface area contributed by atoms with E-state index in [4.69, 9.17) is 22.9 Å². The number of carboxylic acids is 1. The van der Waals surface area contributed by atoms with Gasteiger partial charge in [0, 0.05) is 19.5 Å². The highest BCUT2D eigenvalue weighted by atomic mass is 16.4. The van der Waals surface area contributed by atoms with Crippen LogP contribution in [-0.4, -0.2) is 87.9 Å². The second kappa shape index (κ2) is 14.5. The van der Waals surface area contributed by atoms with Crippen LogP contribution in [0, 0.1) is 0 Å². The minimum atomic E-state index is -1.36. The lowest BCUT2D eigenvalue weighted by Gasteiger charge is -2.29. The summed E-state index contributed by atoms with van der Waals surface area (Å²) in [5.74, 6) is -4.31. The topological polar surface area (TPSA) is 270 Å². The van der Waals surface area contributed by atoms with Crippen LogP contribution in [0.5, 0.6) is 5.75 Å². The van der Waals surface area contributed by atoms with Gasteiger partial charge in [-0.15, -0.1) is 0 Å². The minimum Gasteiger partial charge on any atom is -0.508 e. The summed E-state index contributed by atoms with van der Waals surface area (Å²) in [6.07, 6.45) is 0.723. The first-order valence-electron chi connectivity index (χ1n) is 12.4. The molecule has 4 unspecified atom stereocenters. The number of primary amides is 1. The molecule has 1 fully saturated rings. The fraction of sp³-hybridized carbons (Fsp3) is 0.500. The number of hydrogen-bond donors (Lipinski definition) is 8. The molecule has 214 valence electrons. The molecule has 0 bridgehead atoms. The van der Waals surface area contributed by atoms with Gasteiger partial charge in [-0.25, -0.2) is 4.79 Å². The summed E-state index contributed by atoms with van der Waals surface area (Å²) < 4.78 is 0. The molecule has 1 saturated heterocycles. The van der Waals surface area contributed by atoms with Crippen LogP contribution in [0.1, 0.15) is 37.7 Å². The number of carbonyl (C=O) groups is 5. The number of aliphatic carboxylic acids is 1. The quantitative estimate of drug-likeness (QED) is 0.0673. The minimum absolute atomic E-state index is 0.0132. The van der Waals surface area contributed by atoms with Crippen molar-refractivity contribution in [3.05, 3.63) is 29.8 Å². The number of hydrogen-bond acceptors (Lipinski definition) is 8. The van der Waals surface area contributed by atoms with Gasteiger partial charge in [0.05, 0.1) is 12.5 Å². The molecule has 15 heteroatoms. The van der Waals surface area contributed by atoms with Crippen molar-refractivity contribution >= 4 is 35.6 Å². The molecule has 1 aromatic carbocycles. The molecule has 12 N–H and O–H groups in total. The number of rotatable bonds is 14. The highest BCUT2D eigenvalue weighted by molar-refractivity contribution is 5.96. The maximum absolute atomic E-state index is 13.3. The molecule has 0 radical (unpaired) electrons. The second-order valence-electron chi connectivity index (χ2n) is 9.25. The van der Waals surface area contributed by atoms with Crippen molar-refractivity contribution in [2.45, 2.75) is 62.7 Å². The molecule has 4 atom stereocenters. The molecular weight excluding hydrogens is 512 g/mol. The zero-order valence-corrected chi connectivity index (χ0v) is 21.4. The molecule has 1 heterocycles. The molecule has 0 aromatic heterocycles. The Balaban J connectivity index is 2.07. The van der Waals surface area contributed by atoms with Gasteiger partial charge in [0.25, 0.3) is 0 Å². The SMILES string of the molecule is NC(=O)CC(NC(=O)C(N)CCCN=C(N)N)C(=O)N1CCCC1C(=O)NC(Cc1ccc(O)cc1)C(=O)O. The number of nitrogens with zero attached hydrogens (tertiary/aromatic N) is 2. The monoisotopic (exact) mass is 548 g/mol. The van der Waals surface area contributed by atoms with E-state index in [1.54, 1.807) is 0 Å². The van der Waals surface area contributed by atoms with Crippen LogP contribution in [0.4, 0.5) is 0 Å². The van der Waals surface area contributed by atoms with Crippen LogP contribution >= 0.6 is 0 Å². The van der Waals surface area contributed by atoms with E-state index < -0.39 is 60.2 Å². The number of carbonyl (C=O) groups excluding carboxylic acids is 4. The van der Waals surface area contributed by atoms with Crippen LogP contribution in [0.25, 0.3) is 0 Å². The Kier molecular flexibility index (Phi) is 11.5. The van der Waals surface area contributed by atoms with E-state index in [0.717, 1.165) is 0 Å². The first-order valence-corrected chi connectivity index (χ1v) is 12.4. The molecule has 2 rings (SSSR count). The molecule has 15 nitrogen and oxygen atoms in total. The van der Waals surface area contributed by atoms with Crippen LogP contribution in [0.3, 0.4) is 0 Å². The third kappa shape index (κ3) is 9.77. The van der Waals surface area contributed by atoms with Gasteiger partial charge in [-0.3, -0.25) is 24.2 Å². The van der Waals surface area contributed by atoms with Gasteiger partial charge < -0.3 is 48.7 Å². The number of likely N-dealkylation sites (tertiary alicyclic amines) is 1. The van der Waals surface area contributed by atoms with Crippen LogP contribution in [-0.2, 0) is 30.4 Å². The Morgan fingerprint density at radius 2 is 1.72 bits per heavy atom. The fourth-order valence-corrected chi connectivity index (χ4v) is 4.17. The van der Waals surface area contributed by atoms with Gasteiger partial charge in [0.15, 0.2) is 5.96 Å². The lowest BCUT2D eigenvalue weighted by Crippen LogP contribution is -2.57. The van der Waals surface area contributed by atoms with Gasteiger partial charge in [-0.05, 0) is 43.4 Å². The Morgan fingerprint density at radius 1 is 1.05 bits per heavy atom. The van der Waals surface area contributed by atoms with Crippen molar-refractivity contribution in [2.24, 2.45) is 27.9 Å². The van der Waals surface area contributed by atoms with Crippen molar-refractivity contribution in [1.82, 2.24) is 15.5 Å². The van der Waals surface area contributed by atoms with E-state index in [2.05, 4.69) is 15.6 Å². The maximum atomic E-state index is 13.3. The lowest BCUT2D eigenvalue weighted by molar-refractivity contribution is -0.145. The van der Waals surface area contributed by atoms with E-state index in [0.29, 0.717) is 18.4 Å². The van der Waals surface area contributed by atoms with Crippen molar-refractivity contribution in [3.63, 3.8) is 0 Å². The van der Waals surface area contributed by atoms with Gasteiger partial charge in [-0.1, -0.05) is 12.1 Å².